The second kappa shape index (κ2) is 5.47. The van der Waals surface area contributed by atoms with Gasteiger partial charge in [0.05, 0.1) is 7.11 Å². The number of carboxylic acid groups (broad SMARTS) is 1. The van der Waals surface area contributed by atoms with Gasteiger partial charge in [0.25, 0.3) is 0 Å². The summed E-state index contributed by atoms with van der Waals surface area (Å²) in [4.78, 5) is 10.8. The Morgan fingerprint density at radius 2 is 2.26 bits per heavy atom. The molecule has 7 heteroatoms. The van der Waals surface area contributed by atoms with Crippen molar-refractivity contribution in [1.29, 1.82) is 0 Å². The lowest BCUT2D eigenvalue weighted by atomic mass is 10.1. The lowest BCUT2D eigenvalue weighted by Crippen LogP contribution is -2.10. The molecule has 0 saturated heterocycles. The van der Waals surface area contributed by atoms with Gasteiger partial charge in [0.2, 0.25) is 0 Å². The van der Waals surface area contributed by atoms with Crippen LogP contribution < -0.4 is 4.74 Å². The number of hydrogen-bond acceptors (Lipinski definition) is 5. The van der Waals surface area contributed by atoms with E-state index in [9.17, 15) is 4.79 Å². The second-order valence-corrected chi connectivity index (χ2v) is 3.94. The number of aryl methyl sites for hydroxylation is 1. The fraction of sp³-hybridized carbons (Fsp3) is 0.333. The fourth-order valence-corrected chi connectivity index (χ4v) is 1.76. The first-order valence-electron chi connectivity index (χ1n) is 5.82. The molecule has 0 aliphatic carbocycles. The van der Waals surface area contributed by atoms with E-state index in [0.29, 0.717) is 11.4 Å². The summed E-state index contributed by atoms with van der Waals surface area (Å²) in [5.74, 6) is -0.128. The molecule has 2 rings (SSSR count). The minimum absolute atomic E-state index is 0.244. The number of nitrogens with zero attached hydrogens (tertiary/aromatic N) is 4. The molecule has 1 N–H and O–H groups in total. The van der Waals surface area contributed by atoms with Crippen molar-refractivity contribution in [3.05, 3.63) is 29.6 Å². The molecule has 0 aliphatic heterocycles. The average Bonchev–Trinajstić information content (AvgIpc) is 2.85. The standard InChI is InChI=1S/C12H14N4O3/c1-3-8-4-5-10(19-2)9(6-8)16-11(7-12(17)18)13-14-15-16/h4-6H,3,7H2,1-2H3,(H,17,18). The quantitative estimate of drug-likeness (QED) is 0.859. The summed E-state index contributed by atoms with van der Waals surface area (Å²) >= 11 is 0. The van der Waals surface area contributed by atoms with Crippen LogP contribution in [0.15, 0.2) is 18.2 Å². The van der Waals surface area contributed by atoms with Gasteiger partial charge in [0.15, 0.2) is 5.82 Å². The molecule has 100 valence electrons. The van der Waals surface area contributed by atoms with Crippen molar-refractivity contribution in [2.75, 3.05) is 7.11 Å². The Morgan fingerprint density at radius 1 is 1.47 bits per heavy atom. The van der Waals surface area contributed by atoms with E-state index in [0.717, 1.165) is 12.0 Å². The summed E-state index contributed by atoms with van der Waals surface area (Å²) < 4.78 is 6.66. The van der Waals surface area contributed by atoms with Gasteiger partial charge in [-0.1, -0.05) is 13.0 Å². The van der Waals surface area contributed by atoms with E-state index in [1.165, 1.54) is 4.68 Å². The van der Waals surface area contributed by atoms with E-state index in [1.807, 2.05) is 25.1 Å². The molecule has 19 heavy (non-hydrogen) atoms. The van der Waals surface area contributed by atoms with E-state index in [4.69, 9.17) is 9.84 Å². The van der Waals surface area contributed by atoms with E-state index >= 15 is 0 Å². The van der Waals surface area contributed by atoms with Crippen molar-refractivity contribution in [2.45, 2.75) is 19.8 Å². The zero-order chi connectivity index (χ0) is 13.8. The van der Waals surface area contributed by atoms with Gasteiger partial charge in [0, 0.05) is 0 Å². The summed E-state index contributed by atoms with van der Waals surface area (Å²) in [7, 11) is 1.55. The van der Waals surface area contributed by atoms with Crippen LogP contribution in [0, 0.1) is 0 Å². The van der Waals surface area contributed by atoms with Crippen LogP contribution in [0.4, 0.5) is 0 Å². The van der Waals surface area contributed by atoms with Crippen molar-refractivity contribution in [1.82, 2.24) is 20.2 Å². The SMILES string of the molecule is CCc1ccc(OC)c(-n2nnnc2CC(=O)O)c1. The maximum absolute atomic E-state index is 10.8. The first-order valence-corrected chi connectivity index (χ1v) is 5.82. The zero-order valence-electron chi connectivity index (χ0n) is 10.7. The van der Waals surface area contributed by atoms with Crippen molar-refractivity contribution in [3.63, 3.8) is 0 Å². The molecule has 0 aliphatic rings. The number of carbonyl (C=O) groups is 1. The lowest BCUT2D eigenvalue weighted by molar-refractivity contribution is -0.136. The maximum atomic E-state index is 10.8. The van der Waals surface area contributed by atoms with Crippen LogP contribution in [0.2, 0.25) is 0 Å². The van der Waals surface area contributed by atoms with Crippen LogP contribution in [-0.4, -0.2) is 38.4 Å². The molecular formula is C12H14N4O3. The first kappa shape index (κ1) is 13.0. The van der Waals surface area contributed by atoms with E-state index in [-0.39, 0.29) is 12.2 Å². The Hall–Kier alpha value is -2.44. The van der Waals surface area contributed by atoms with Gasteiger partial charge < -0.3 is 9.84 Å². The van der Waals surface area contributed by atoms with Crippen LogP contribution in [0.3, 0.4) is 0 Å². The summed E-state index contributed by atoms with van der Waals surface area (Å²) in [6.07, 6.45) is 0.611. The molecule has 1 aromatic heterocycles. The van der Waals surface area contributed by atoms with Gasteiger partial charge in [-0.25, -0.2) is 0 Å². The summed E-state index contributed by atoms with van der Waals surface area (Å²) in [6, 6.07) is 5.66. The monoisotopic (exact) mass is 262 g/mol. The van der Waals surface area contributed by atoms with Crippen LogP contribution in [0.25, 0.3) is 5.69 Å². The Kier molecular flexibility index (Phi) is 3.74. The molecule has 0 fully saturated rings. The molecule has 0 radical (unpaired) electrons. The van der Waals surface area contributed by atoms with Crippen LogP contribution in [0.1, 0.15) is 18.3 Å². The number of tetrazole rings is 1. The smallest absolute Gasteiger partial charge is 0.311 e. The van der Waals surface area contributed by atoms with Gasteiger partial charge in [-0.3, -0.25) is 4.79 Å². The Bertz CT molecular complexity index is 594. The van der Waals surface area contributed by atoms with Gasteiger partial charge in [-0.15, -0.1) is 5.10 Å². The summed E-state index contributed by atoms with van der Waals surface area (Å²) in [5.41, 5.74) is 1.73. The van der Waals surface area contributed by atoms with Crippen LogP contribution in [-0.2, 0) is 17.6 Å². The van der Waals surface area contributed by atoms with Crippen molar-refractivity contribution >= 4 is 5.97 Å². The molecule has 1 aromatic carbocycles. The van der Waals surface area contributed by atoms with E-state index < -0.39 is 5.97 Å². The Morgan fingerprint density at radius 3 is 2.89 bits per heavy atom. The summed E-state index contributed by atoms with van der Waals surface area (Å²) in [6.45, 7) is 2.03. The largest absolute Gasteiger partial charge is 0.494 e. The predicted molar refractivity (Wildman–Crippen MR) is 66.4 cm³/mol. The highest BCUT2D eigenvalue weighted by molar-refractivity contribution is 5.69. The normalized spacial score (nSPS) is 10.4. The molecule has 0 unspecified atom stereocenters. The molecule has 0 atom stereocenters. The second-order valence-electron chi connectivity index (χ2n) is 3.94. The number of ether oxygens (including phenoxy) is 1. The van der Waals surface area contributed by atoms with Gasteiger partial charge >= 0.3 is 5.97 Å². The van der Waals surface area contributed by atoms with Gasteiger partial charge in [-0.05, 0) is 34.5 Å². The summed E-state index contributed by atoms with van der Waals surface area (Å²) in [5, 5.41) is 19.9. The van der Waals surface area contributed by atoms with Gasteiger partial charge in [0.1, 0.15) is 17.9 Å². The first-order chi connectivity index (χ1) is 9.15. The van der Waals surface area contributed by atoms with E-state index in [2.05, 4.69) is 15.5 Å². The molecule has 0 spiro atoms. The third-order valence-corrected chi connectivity index (χ3v) is 2.72. The highest BCUT2D eigenvalue weighted by Gasteiger charge is 2.15. The van der Waals surface area contributed by atoms with Crippen LogP contribution in [0.5, 0.6) is 5.75 Å². The van der Waals surface area contributed by atoms with Crippen molar-refractivity contribution < 1.29 is 14.6 Å². The molecule has 2 aromatic rings. The minimum Gasteiger partial charge on any atom is -0.494 e. The number of methoxy groups -OCH3 is 1. The highest BCUT2D eigenvalue weighted by atomic mass is 16.5. The molecular weight excluding hydrogens is 248 g/mol. The Labute approximate surface area is 109 Å². The topological polar surface area (TPSA) is 90.1 Å². The number of benzene rings is 1. The molecule has 0 saturated carbocycles. The van der Waals surface area contributed by atoms with Crippen molar-refractivity contribution in [3.8, 4) is 11.4 Å². The molecule has 0 amide bonds. The van der Waals surface area contributed by atoms with Crippen LogP contribution >= 0.6 is 0 Å². The molecule has 1 heterocycles. The van der Waals surface area contributed by atoms with Crippen molar-refractivity contribution in [2.24, 2.45) is 0 Å². The van der Waals surface area contributed by atoms with Gasteiger partial charge in [-0.2, -0.15) is 4.68 Å². The highest BCUT2D eigenvalue weighted by Crippen LogP contribution is 2.24. The molecule has 7 nitrogen and oxygen atoms in total. The number of hydrogen-bond donors (Lipinski definition) is 1. The third kappa shape index (κ3) is 2.70. The number of aromatic nitrogens is 4. The zero-order valence-corrected chi connectivity index (χ0v) is 10.7. The third-order valence-electron chi connectivity index (χ3n) is 2.72. The average molecular weight is 262 g/mol. The fourth-order valence-electron chi connectivity index (χ4n) is 1.76. The number of carboxylic acids is 1. The van der Waals surface area contributed by atoms with E-state index in [1.54, 1.807) is 7.11 Å². The Balaban J connectivity index is 2.51. The minimum atomic E-state index is -0.985. The molecule has 0 bridgehead atoms. The number of rotatable bonds is 5. The lowest BCUT2D eigenvalue weighted by Gasteiger charge is -2.10. The number of aliphatic carboxylic acids is 1. The predicted octanol–water partition coefficient (Wildman–Crippen LogP) is 0.860. The maximum Gasteiger partial charge on any atom is 0.311 e.